The zero-order valence-electron chi connectivity index (χ0n) is 25.1. The summed E-state index contributed by atoms with van der Waals surface area (Å²) in [6, 6.07) is 11.6. The highest BCUT2D eigenvalue weighted by atomic mass is 32.1. The number of nitrogens with zero attached hydrogens (tertiary/aromatic N) is 6. The molecule has 2 aliphatic heterocycles. The second kappa shape index (κ2) is 12.6. The highest BCUT2D eigenvalue weighted by Crippen LogP contribution is 2.30. The molecule has 0 radical (unpaired) electrons. The van der Waals surface area contributed by atoms with E-state index < -0.39 is 17.6 Å². The highest BCUT2D eigenvalue weighted by molar-refractivity contribution is 7.13. The number of pyridine rings is 1. The van der Waals surface area contributed by atoms with E-state index >= 15 is 8.78 Å². The Balaban J connectivity index is 1.06. The van der Waals surface area contributed by atoms with Gasteiger partial charge in [-0.1, -0.05) is 22.5 Å². The Bertz CT molecular complexity index is 1990. The van der Waals surface area contributed by atoms with Gasteiger partial charge in [-0.15, -0.1) is 5.10 Å². The SMILES string of the molecule is CC(=O)N1CC(Oc2nnc(COc3cccc(-c4cc(F)c(Cc5nc6ccc(C(=O)O)cc6n5C[C@@H]5CCO5)cc4F)n3)s2)C1. The van der Waals surface area contributed by atoms with Crippen molar-refractivity contribution in [2.24, 2.45) is 0 Å². The quantitative estimate of drug-likeness (QED) is 0.215. The molecule has 1 atom stereocenters. The molecule has 5 heterocycles. The molecule has 0 spiro atoms. The summed E-state index contributed by atoms with van der Waals surface area (Å²) in [6.07, 6.45) is 0.617. The number of carboxylic acids is 1. The number of hydrogen-bond donors (Lipinski definition) is 1. The monoisotopic (exact) mass is 662 g/mol. The third kappa shape index (κ3) is 6.49. The van der Waals surface area contributed by atoms with Crippen LogP contribution in [-0.4, -0.2) is 78.5 Å². The molecule has 0 unspecified atom stereocenters. The van der Waals surface area contributed by atoms with Crippen LogP contribution in [0.2, 0.25) is 0 Å². The van der Waals surface area contributed by atoms with E-state index in [0.717, 1.165) is 18.6 Å². The third-order valence-electron chi connectivity index (χ3n) is 8.09. The molecule has 2 fully saturated rings. The second-order valence-corrected chi connectivity index (χ2v) is 12.3. The summed E-state index contributed by atoms with van der Waals surface area (Å²) in [5, 5.41) is 18.5. The molecular weight excluding hydrogens is 634 g/mol. The van der Waals surface area contributed by atoms with Gasteiger partial charge in [0.15, 0.2) is 5.01 Å². The van der Waals surface area contributed by atoms with Crippen molar-refractivity contribution in [2.45, 2.75) is 45.1 Å². The maximum Gasteiger partial charge on any atom is 0.335 e. The van der Waals surface area contributed by atoms with Gasteiger partial charge in [0, 0.05) is 31.6 Å². The van der Waals surface area contributed by atoms with Crippen molar-refractivity contribution in [3.63, 3.8) is 0 Å². The van der Waals surface area contributed by atoms with Gasteiger partial charge in [0.2, 0.25) is 11.8 Å². The van der Waals surface area contributed by atoms with Crippen LogP contribution in [0.25, 0.3) is 22.3 Å². The van der Waals surface area contributed by atoms with Crippen LogP contribution in [0.4, 0.5) is 8.78 Å². The van der Waals surface area contributed by atoms with E-state index in [4.69, 9.17) is 14.2 Å². The standard InChI is InChI=1S/C32H28F2N6O6S/c1-17(41)39-13-21(14-39)46-32-38-37-30(47-32)16-45-29-4-2-3-25(36-29)22-12-23(33)19(9-24(22)34)11-28-35-26-6-5-18(31(42)43)10-27(26)40(28)15-20-7-8-44-20/h2-6,9-10,12,20-21H,7-8,11,13-16H2,1H3,(H,42,43)/t20-/m0/s1. The lowest BCUT2D eigenvalue weighted by molar-refractivity contribution is -0.137. The third-order valence-corrected chi connectivity index (χ3v) is 8.88. The molecule has 242 valence electrons. The van der Waals surface area contributed by atoms with E-state index in [0.29, 0.717) is 53.3 Å². The van der Waals surface area contributed by atoms with Crippen molar-refractivity contribution < 1.29 is 37.7 Å². The summed E-state index contributed by atoms with van der Waals surface area (Å²) in [7, 11) is 0. The van der Waals surface area contributed by atoms with E-state index in [-0.39, 0.29) is 59.4 Å². The lowest BCUT2D eigenvalue weighted by Crippen LogP contribution is -2.55. The Kier molecular flexibility index (Phi) is 8.24. The number of carboxylic acid groups (broad SMARTS) is 1. The Labute approximate surface area is 270 Å². The van der Waals surface area contributed by atoms with Crippen LogP contribution in [0.15, 0.2) is 48.5 Å². The average molecular weight is 663 g/mol. The first-order valence-corrected chi connectivity index (χ1v) is 15.7. The minimum Gasteiger partial charge on any atom is -0.478 e. The van der Waals surface area contributed by atoms with E-state index in [1.807, 2.05) is 4.57 Å². The van der Waals surface area contributed by atoms with Gasteiger partial charge in [-0.25, -0.2) is 23.5 Å². The minimum absolute atomic E-state index is 0.00412. The largest absolute Gasteiger partial charge is 0.478 e. The van der Waals surface area contributed by atoms with Crippen molar-refractivity contribution in [2.75, 3.05) is 19.7 Å². The van der Waals surface area contributed by atoms with Gasteiger partial charge < -0.3 is 28.8 Å². The Hall–Kier alpha value is -5.02. The first-order valence-electron chi connectivity index (χ1n) is 14.9. The topological polar surface area (TPSA) is 142 Å². The fraction of sp³-hybridized carbons (Fsp3) is 0.312. The minimum atomic E-state index is -1.07. The van der Waals surface area contributed by atoms with E-state index in [1.165, 1.54) is 30.4 Å². The molecule has 0 saturated carbocycles. The Morgan fingerprint density at radius 1 is 1.09 bits per heavy atom. The van der Waals surface area contributed by atoms with Crippen molar-refractivity contribution >= 4 is 34.2 Å². The number of likely N-dealkylation sites (tertiary alicyclic amines) is 1. The van der Waals surface area contributed by atoms with Gasteiger partial charge in [0.1, 0.15) is 30.2 Å². The van der Waals surface area contributed by atoms with Gasteiger partial charge in [0.05, 0.1) is 48.0 Å². The Morgan fingerprint density at radius 3 is 2.66 bits per heavy atom. The molecule has 2 aliphatic rings. The van der Waals surface area contributed by atoms with E-state index in [1.54, 1.807) is 29.2 Å². The fourth-order valence-electron chi connectivity index (χ4n) is 5.40. The van der Waals surface area contributed by atoms with Gasteiger partial charge in [0.25, 0.3) is 5.19 Å². The van der Waals surface area contributed by atoms with Crippen LogP contribution >= 0.6 is 11.3 Å². The molecule has 1 N–H and O–H groups in total. The van der Waals surface area contributed by atoms with Gasteiger partial charge >= 0.3 is 5.97 Å². The summed E-state index contributed by atoms with van der Waals surface area (Å²) < 4.78 is 50.0. The lowest BCUT2D eigenvalue weighted by Gasteiger charge is -2.37. The van der Waals surface area contributed by atoms with Crippen LogP contribution < -0.4 is 9.47 Å². The number of ether oxygens (including phenoxy) is 3. The van der Waals surface area contributed by atoms with Crippen LogP contribution in [-0.2, 0) is 29.1 Å². The molecule has 2 aromatic carbocycles. The molecule has 15 heteroatoms. The van der Waals surface area contributed by atoms with Crippen LogP contribution in [0, 0.1) is 11.6 Å². The molecule has 3 aromatic heterocycles. The van der Waals surface area contributed by atoms with Crippen molar-refractivity contribution in [3.05, 3.63) is 82.1 Å². The van der Waals surface area contributed by atoms with Gasteiger partial charge in [-0.2, -0.15) is 0 Å². The van der Waals surface area contributed by atoms with Crippen LogP contribution in [0.5, 0.6) is 11.1 Å². The molecule has 2 saturated heterocycles. The molecule has 5 aromatic rings. The number of hydrogen-bond acceptors (Lipinski definition) is 10. The maximum absolute atomic E-state index is 15.5. The number of fused-ring (bicyclic) bond motifs is 1. The zero-order valence-corrected chi connectivity index (χ0v) is 25.9. The number of aromatic carboxylic acids is 1. The number of carbonyl (C=O) groups is 2. The Morgan fingerprint density at radius 2 is 1.91 bits per heavy atom. The van der Waals surface area contributed by atoms with E-state index in [2.05, 4.69) is 20.2 Å². The molecule has 0 aliphatic carbocycles. The van der Waals surface area contributed by atoms with Crippen LogP contribution in [0.1, 0.15) is 40.1 Å². The number of amides is 1. The second-order valence-electron chi connectivity index (χ2n) is 11.3. The van der Waals surface area contributed by atoms with Gasteiger partial charge in [-0.3, -0.25) is 4.79 Å². The molecular formula is C32H28F2N6O6S. The summed E-state index contributed by atoms with van der Waals surface area (Å²) in [6.45, 7) is 3.60. The van der Waals surface area contributed by atoms with Gasteiger partial charge in [-0.05, 0) is 48.4 Å². The summed E-state index contributed by atoms with van der Waals surface area (Å²) in [4.78, 5) is 33.6. The first-order chi connectivity index (χ1) is 22.7. The molecule has 0 bridgehead atoms. The van der Waals surface area contributed by atoms with Crippen molar-refractivity contribution in [1.29, 1.82) is 0 Å². The number of benzene rings is 2. The number of imidazole rings is 1. The molecule has 12 nitrogen and oxygen atoms in total. The summed E-state index contributed by atoms with van der Waals surface area (Å²) in [5.74, 6) is -1.73. The van der Waals surface area contributed by atoms with Crippen molar-refractivity contribution in [3.8, 4) is 22.3 Å². The molecule has 47 heavy (non-hydrogen) atoms. The maximum atomic E-state index is 15.5. The highest BCUT2D eigenvalue weighted by Gasteiger charge is 2.31. The fourth-order valence-corrected chi connectivity index (χ4v) is 6.07. The average Bonchev–Trinajstić information content (AvgIpc) is 3.60. The smallest absolute Gasteiger partial charge is 0.335 e. The van der Waals surface area contributed by atoms with Crippen molar-refractivity contribution in [1.82, 2.24) is 29.6 Å². The number of carbonyl (C=O) groups excluding carboxylic acids is 1. The zero-order chi connectivity index (χ0) is 32.7. The number of rotatable bonds is 11. The number of aromatic nitrogens is 5. The number of halogens is 2. The predicted octanol–water partition coefficient (Wildman–Crippen LogP) is 4.49. The summed E-state index contributed by atoms with van der Waals surface area (Å²) >= 11 is 1.21. The van der Waals surface area contributed by atoms with E-state index in [9.17, 15) is 14.7 Å². The molecule has 7 rings (SSSR count). The normalized spacial score (nSPS) is 16.1. The lowest BCUT2D eigenvalue weighted by atomic mass is 10.0. The first kappa shape index (κ1) is 30.6. The summed E-state index contributed by atoms with van der Waals surface area (Å²) in [5.41, 5.74) is 1.49. The predicted molar refractivity (Wildman–Crippen MR) is 164 cm³/mol. The van der Waals surface area contributed by atoms with Crippen LogP contribution in [0.3, 0.4) is 0 Å². The molecule has 1 amide bonds.